The van der Waals surface area contributed by atoms with E-state index in [1.165, 1.54) is 24.3 Å². The predicted molar refractivity (Wildman–Crippen MR) is 119 cm³/mol. The number of halogens is 4. The molecule has 0 bridgehead atoms. The summed E-state index contributed by atoms with van der Waals surface area (Å²) in [6, 6.07) is 7.87. The fraction of sp³-hybridized carbons (Fsp3) is 0.348. The lowest BCUT2D eigenvalue weighted by molar-refractivity contribution is -0.137. The van der Waals surface area contributed by atoms with Gasteiger partial charge in [0.1, 0.15) is 22.9 Å². The maximum atomic E-state index is 14.4. The molecular weight excluding hydrogens is 468 g/mol. The topological polar surface area (TPSA) is 101 Å². The summed E-state index contributed by atoms with van der Waals surface area (Å²) in [4.78, 5) is 14.7. The van der Waals surface area contributed by atoms with Crippen LogP contribution in [0.1, 0.15) is 24.1 Å². The molecule has 0 amide bonds. The number of hydrogen-bond acceptors (Lipinski definition) is 8. The van der Waals surface area contributed by atoms with Crippen LogP contribution in [0.3, 0.4) is 0 Å². The highest BCUT2D eigenvalue weighted by molar-refractivity contribution is 5.68. The van der Waals surface area contributed by atoms with E-state index < -0.39 is 23.1 Å². The third kappa shape index (κ3) is 4.34. The molecule has 1 aliphatic carbocycles. The van der Waals surface area contributed by atoms with Gasteiger partial charge in [-0.25, -0.2) is 24.4 Å². The largest absolute Gasteiger partial charge is 0.417 e. The van der Waals surface area contributed by atoms with Gasteiger partial charge in [-0.2, -0.15) is 13.2 Å². The van der Waals surface area contributed by atoms with Crippen molar-refractivity contribution in [2.45, 2.75) is 24.6 Å². The van der Waals surface area contributed by atoms with Gasteiger partial charge in [0.15, 0.2) is 0 Å². The summed E-state index contributed by atoms with van der Waals surface area (Å²) < 4.78 is 61.4. The van der Waals surface area contributed by atoms with Crippen molar-refractivity contribution in [2.24, 2.45) is 0 Å². The van der Waals surface area contributed by atoms with E-state index in [-0.39, 0.29) is 34.4 Å². The van der Waals surface area contributed by atoms with E-state index in [1.54, 1.807) is 11.0 Å². The standard InChI is InChI=1S/C23H22F4N6O2/c24-16-3-1-2-4-18(16)33(34)22(5-6-22)19-12-17(30-21(31-19)32-7-9-35-10-8-32)14-13-29-20(28)11-15(14)23(25,26)27/h1-4,11-13,34H,5-10H2,(H2,28,29). The van der Waals surface area contributed by atoms with E-state index in [9.17, 15) is 22.8 Å². The molecule has 184 valence electrons. The highest BCUT2D eigenvalue weighted by Gasteiger charge is 2.53. The Bertz CT molecular complexity index is 1240. The maximum Gasteiger partial charge on any atom is 0.417 e. The van der Waals surface area contributed by atoms with E-state index >= 15 is 0 Å². The van der Waals surface area contributed by atoms with E-state index in [0.29, 0.717) is 39.1 Å². The summed E-state index contributed by atoms with van der Waals surface area (Å²) in [5.74, 6) is -0.714. The van der Waals surface area contributed by atoms with Gasteiger partial charge in [-0.15, -0.1) is 0 Å². The molecule has 0 spiro atoms. The molecule has 0 atom stereocenters. The number of anilines is 3. The second kappa shape index (κ2) is 8.61. The second-order valence-electron chi connectivity index (χ2n) is 8.49. The molecule has 0 unspecified atom stereocenters. The first-order chi connectivity index (χ1) is 16.7. The van der Waals surface area contributed by atoms with Crippen molar-refractivity contribution in [3.05, 3.63) is 59.7 Å². The first-order valence-electron chi connectivity index (χ1n) is 11.0. The fourth-order valence-corrected chi connectivity index (χ4v) is 4.17. The molecule has 2 fully saturated rings. The number of nitrogen functional groups attached to an aromatic ring is 1. The Morgan fingerprint density at radius 2 is 1.80 bits per heavy atom. The van der Waals surface area contributed by atoms with Gasteiger partial charge in [-0.05, 0) is 37.1 Å². The first kappa shape index (κ1) is 23.2. The Labute approximate surface area is 197 Å². The lowest BCUT2D eigenvalue weighted by Crippen LogP contribution is -2.39. The molecule has 1 saturated heterocycles. The van der Waals surface area contributed by atoms with Gasteiger partial charge in [0.05, 0.1) is 30.2 Å². The van der Waals surface area contributed by atoms with Crippen LogP contribution in [0.5, 0.6) is 0 Å². The van der Waals surface area contributed by atoms with Gasteiger partial charge < -0.3 is 15.4 Å². The minimum absolute atomic E-state index is 0.0236. The number of hydrogen-bond donors (Lipinski definition) is 2. The van der Waals surface area contributed by atoms with Crippen molar-refractivity contribution < 1.29 is 27.5 Å². The number of nitrogens with zero attached hydrogens (tertiary/aromatic N) is 5. The molecule has 3 N–H and O–H groups in total. The van der Waals surface area contributed by atoms with Gasteiger partial charge in [0.25, 0.3) is 0 Å². The number of morpholine rings is 1. The number of hydroxylamine groups is 1. The van der Waals surface area contributed by atoms with E-state index in [4.69, 9.17) is 10.5 Å². The van der Waals surface area contributed by atoms with Crippen LogP contribution in [0.2, 0.25) is 0 Å². The summed E-state index contributed by atoms with van der Waals surface area (Å²) >= 11 is 0. The molecule has 1 aliphatic heterocycles. The van der Waals surface area contributed by atoms with E-state index in [0.717, 1.165) is 17.3 Å². The van der Waals surface area contributed by atoms with E-state index in [1.807, 2.05) is 0 Å². The number of rotatable bonds is 5. The molecular formula is C23H22F4N6O2. The highest BCUT2D eigenvalue weighted by Crippen LogP contribution is 2.52. The Morgan fingerprint density at radius 1 is 1.09 bits per heavy atom. The van der Waals surface area contributed by atoms with Crippen LogP contribution in [0.4, 0.5) is 35.0 Å². The van der Waals surface area contributed by atoms with Crippen molar-refractivity contribution in [2.75, 3.05) is 42.0 Å². The van der Waals surface area contributed by atoms with Crippen LogP contribution in [-0.2, 0) is 16.5 Å². The van der Waals surface area contributed by atoms with Gasteiger partial charge in [-0.1, -0.05) is 12.1 Å². The summed E-state index contributed by atoms with van der Waals surface area (Å²) in [7, 11) is 0. The smallest absolute Gasteiger partial charge is 0.384 e. The second-order valence-corrected chi connectivity index (χ2v) is 8.49. The molecule has 5 rings (SSSR count). The SMILES string of the molecule is Nc1cc(C(F)(F)F)c(-c2cc(C3(N(O)c4ccccc4F)CC3)nc(N3CCOCC3)n2)cn1. The van der Waals surface area contributed by atoms with Gasteiger partial charge in [-0.3, -0.25) is 5.21 Å². The minimum Gasteiger partial charge on any atom is -0.384 e. The quantitative estimate of drug-likeness (QED) is 0.409. The number of aromatic nitrogens is 3. The minimum atomic E-state index is -4.70. The summed E-state index contributed by atoms with van der Waals surface area (Å²) in [5.41, 5.74) is 3.37. The van der Waals surface area contributed by atoms with Crippen molar-refractivity contribution in [1.29, 1.82) is 0 Å². The van der Waals surface area contributed by atoms with Crippen LogP contribution < -0.4 is 15.7 Å². The highest BCUT2D eigenvalue weighted by atomic mass is 19.4. The molecule has 3 heterocycles. The maximum absolute atomic E-state index is 14.4. The zero-order valence-corrected chi connectivity index (χ0v) is 18.5. The lowest BCUT2D eigenvalue weighted by atomic mass is 10.0. The number of nitrogens with two attached hydrogens (primary N) is 1. The van der Waals surface area contributed by atoms with E-state index in [2.05, 4.69) is 15.0 Å². The molecule has 1 aromatic carbocycles. The van der Waals surface area contributed by atoms with Crippen LogP contribution in [-0.4, -0.2) is 46.5 Å². The van der Waals surface area contributed by atoms with Crippen LogP contribution in [0, 0.1) is 5.82 Å². The molecule has 3 aromatic rings. The fourth-order valence-electron chi connectivity index (χ4n) is 4.17. The molecule has 2 aromatic heterocycles. The van der Waals surface area contributed by atoms with Crippen molar-refractivity contribution in [3.8, 4) is 11.3 Å². The van der Waals surface area contributed by atoms with Gasteiger partial charge in [0.2, 0.25) is 5.95 Å². The third-order valence-corrected chi connectivity index (χ3v) is 6.20. The Balaban J connectivity index is 1.66. The van der Waals surface area contributed by atoms with Crippen molar-refractivity contribution in [1.82, 2.24) is 15.0 Å². The zero-order valence-electron chi connectivity index (χ0n) is 18.5. The molecule has 1 saturated carbocycles. The molecule has 2 aliphatic rings. The van der Waals surface area contributed by atoms with Crippen molar-refractivity contribution in [3.63, 3.8) is 0 Å². The number of benzene rings is 1. The summed E-state index contributed by atoms with van der Waals surface area (Å²) in [6.45, 7) is 1.70. The van der Waals surface area contributed by atoms with Crippen LogP contribution in [0.15, 0.2) is 42.6 Å². The Hall–Kier alpha value is -3.51. The predicted octanol–water partition coefficient (Wildman–Crippen LogP) is 4.00. The number of pyridine rings is 1. The molecule has 8 nitrogen and oxygen atoms in total. The van der Waals surface area contributed by atoms with Gasteiger partial charge >= 0.3 is 6.18 Å². The van der Waals surface area contributed by atoms with Crippen LogP contribution >= 0.6 is 0 Å². The number of alkyl halides is 3. The average Bonchev–Trinajstić information content (AvgIpc) is 3.66. The summed E-state index contributed by atoms with van der Waals surface area (Å²) in [6.07, 6.45) is -2.84. The Morgan fingerprint density at radius 3 is 2.46 bits per heavy atom. The normalized spacial score (nSPS) is 17.3. The number of ether oxygens (including phenoxy) is 1. The molecule has 0 radical (unpaired) electrons. The summed E-state index contributed by atoms with van der Waals surface area (Å²) in [5, 5.41) is 11.8. The Kier molecular flexibility index (Phi) is 5.72. The number of para-hydroxylation sites is 1. The lowest BCUT2D eigenvalue weighted by Gasteiger charge is -2.31. The van der Waals surface area contributed by atoms with Gasteiger partial charge in [0, 0.05) is 24.8 Å². The van der Waals surface area contributed by atoms with Crippen LogP contribution in [0.25, 0.3) is 11.3 Å². The third-order valence-electron chi connectivity index (χ3n) is 6.20. The first-order valence-corrected chi connectivity index (χ1v) is 11.0. The zero-order chi connectivity index (χ0) is 24.8. The molecule has 12 heteroatoms. The average molecular weight is 490 g/mol. The molecule has 35 heavy (non-hydrogen) atoms. The van der Waals surface area contributed by atoms with Crippen molar-refractivity contribution >= 4 is 17.5 Å². The monoisotopic (exact) mass is 490 g/mol.